The van der Waals surface area contributed by atoms with Crippen LogP contribution in [0.15, 0.2) is 22.5 Å². The van der Waals surface area contributed by atoms with Crippen LogP contribution in [0.25, 0.3) is 0 Å². The van der Waals surface area contributed by atoms with Gasteiger partial charge in [0.1, 0.15) is 0 Å². The van der Waals surface area contributed by atoms with Crippen LogP contribution in [0.3, 0.4) is 0 Å². The molecule has 2 rings (SSSR count). The maximum atomic E-state index is 5.54. The van der Waals surface area contributed by atoms with Crippen LogP contribution >= 0.6 is 11.3 Å². The summed E-state index contributed by atoms with van der Waals surface area (Å²) < 4.78 is 5.54. The monoisotopic (exact) mass is 352 g/mol. The largest absolute Gasteiger partial charge is 0.381 e. The van der Waals surface area contributed by atoms with Crippen molar-refractivity contribution in [1.82, 2.24) is 15.5 Å². The smallest absolute Gasteiger partial charge is 0.191 e. The fraction of sp³-hybridized carbons (Fsp3) is 0.722. The van der Waals surface area contributed by atoms with Gasteiger partial charge in [0, 0.05) is 42.6 Å². The zero-order valence-electron chi connectivity index (χ0n) is 15.5. The number of guanidine groups is 1. The van der Waals surface area contributed by atoms with Gasteiger partial charge in [0.2, 0.25) is 0 Å². The number of hydrogen-bond donors (Lipinski definition) is 2. The summed E-state index contributed by atoms with van der Waals surface area (Å²) in [7, 11) is 4.31. The molecular formula is C18H32N4OS. The van der Waals surface area contributed by atoms with Crippen LogP contribution in [0, 0.1) is 0 Å². The number of aliphatic imine (C=N–C) groups is 1. The Bertz CT molecular complexity index is 495. The van der Waals surface area contributed by atoms with Crippen LogP contribution in [0.2, 0.25) is 0 Å². The van der Waals surface area contributed by atoms with Crippen LogP contribution in [-0.2, 0) is 4.74 Å². The van der Waals surface area contributed by atoms with Crippen molar-refractivity contribution in [3.05, 3.63) is 22.4 Å². The topological polar surface area (TPSA) is 48.9 Å². The van der Waals surface area contributed by atoms with E-state index in [1.165, 1.54) is 4.88 Å². The molecule has 1 saturated heterocycles. The maximum Gasteiger partial charge on any atom is 0.191 e. The highest BCUT2D eigenvalue weighted by atomic mass is 32.1. The second-order valence-corrected chi connectivity index (χ2v) is 7.70. The van der Waals surface area contributed by atoms with E-state index in [0.717, 1.165) is 51.6 Å². The van der Waals surface area contributed by atoms with Gasteiger partial charge in [-0.1, -0.05) is 13.0 Å². The molecule has 1 atom stereocenters. The van der Waals surface area contributed by atoms with E-state index in [2.05, 4.69) is 61.0 Å². The molecule has 24 heavy (non-hydrogen) atoms. The molecular weight excluding hydrogens is 320 g/mol. The van der Waals surface area contributed by atoms with E-state index in [0.29, 0.717) is 5.92 Å². The van der Waals surface area contributed by atoms with E-state index in [1.807, 2.05) is 11.3 Å². The van der Waals surface area contributed by atoms with E-state index in [1.54, 1.807) is 0 Å². The quantitative estimate of drug-likeness (QED) is 0.585. The highest BCUT2D eigenvalue weighted by Crippen LogP contribution is 2.26. The zero-order chi connectivity index (χ0) is 17.4. The fourth-order valence-electron chi connectivity index (χ4n) is 2.99. The minimum absolute atomic E-state index is 0.111. The Hall–Kier alpha value is -1.11. The van der Waals surface area contributed by atoms with Gasteiger partial charge >= 0.3 is 0 Å². The summed E-state index contributed by atoms with van der Waals surface area (Å²) in [6.45, 7) is 8.58. The predicted octanol–water partition coefficient (Wildman–Crippen LogP) is 2.52. The molecule has 1 fully saturated rings. The molecule has 0 amide bonds. The second kappa shape index (κ2) is 9.39. The highest BCUT2D eigenvalue weighted by Gasteiger charge is 2.34. The molecule has 1 aliphatic heterocycles. The molecule has 2 N–H and O–H groups in total. The Kier molecular flexibility index (Phi) is 7.52. The van der Waals surface area contributed by atoms with Crippen molar-refractivity contribution in [1.29, 1.82) is 0 Å². The molecule has 136 valence electrons. The van der Waals surface area contributed by atoms with Gasteiger partial charge in [-0.3, -0.25) is 4.99 Å². The number of nitrogens with zero attached hydrogens (tertiary/aromatic N) is 2. The first-order valence-electron chi connectivity index (χ1n) is 8.88. The molecule has 2 heterocycles. The lowest BCUT2D eigenvalue weighted by molar-refractivity contribution is -0.00254. The molecule has 0 saturated carbocycles. The lowest BCUT2D eigenvalue weighted by Gasteiger charge is -2.41. The average Bonchev–Trinajstić information content (AvgIpc) is 3.12. The van der Waals surface area contributed by atoms with Crippen molar-refractivity contribution in [2.24, 2.45) is 4.99 Å². The standard InChI is InChI=1S/C18H32N4OS/c1-5-19-17(20-13-15(2)16-7-6-12-24-16)21-14-18(22(3)4)8-10-23-11-9-18/h6-7,12,15H,5,8-11,13-14H2,1-4H3,(H2,19,20,21). The van der Waals surface area contributed by atoms with Crippen LogP contribution in [0.4, 0.5) is 0 Å². The van der Waals surface area contributed by atoms with E-state index < -0.39 is 0 Å². The molecule has 1 unspecified atom stereocenters. The Morgan fingerprint density at radius 1 is 1.38 bits per heavy atom. The van der Waals surface area contributed by atoms with Crippen LogP contribution in [0.1, 0.15) is 37.5 Å². The van der Waals surface area contributed by atoms with E-state index in [9.17, 15) is 0 Å². The van der Waals surface area contributed by atoms with Crippen molar-refractivity contribution < 1.29 is 4.74 Å². The minimum atomic E-state index is 0.111. The summed E-state index contributed by atoms with van der Waals surface area (Å²) in [5.74, 6) is 1.40. The number of likely N-dealkylation sites (N-methyl/N-ethyl adjacent to an activating group) is 1. The van der Waals surface area contributed by atoms with Crippen molar-refractivity contribution >= 4 is 17.3 Å². The van der Waals surface area contributed by atoms with E-state index >= 15 is 0 Å². The lowest BCUT2D eigenvalue weighted by atomic mass is 9.89. The van der Waals surface area contributed by atoms with Gasteiger partial charge in [-0.25, -0.2) is 0 Å². The first kappa shape index (κ1) is 19.2. The Balaban J connectivity index is 1.96. The lowest BCUT2D eigenvalue weighted by Crippen LogP contribution is -2.51. The van der Waals surface area contributed by atoms with Crippen LogP contribution in [-0.4, -0.2) is 63.3 Å². The molecule has 5 nitrogen and oxygen atoms in total. The highest BCUT2D eigenvalue weighted by molar-refractivity contribution is 7.10. The van der Waals surface area contributed by atoms with Crippen LogP contribution < -0.4 is 10.6 Å². The van der Waals surface area contributed by atoms with Gasteiger partial charge in [-0.05, 0) is 45.3 Å². The summed E-state index contributed by atoms with van der Waals surface area (Å²) in [6, 6.07) is 4.31. The number of hydrogen-bond acceptors (Lipinski definition) is 4. The normalized spacial score (nSPS) is 19.3. The predicted molar refractivity (Wildman–Crippen MR) is 103 cm³/mol. The van der Waals surface area contributed by atoms with Crippen molar-refractivity contribution in [3.63, 3.8) is 0 Å². The van der Waals surface area contributed by atoms with Crippen molar-refractivity contribution in [3.8, 4) is 0 Å². The molecule has 0 bridgehead atoms. The summed E-state index contributed by atoms with van der Waals surface area (Å²) in [6.07, 6.45) is 2.07. The fourth-order valence-corrected chi connectivity index (χ4v) is 3.78. The molecule has 6 heteroatoms. The summed E-state index contributed by atoms with van der Waals surface area (Å²) >= 11 is 1.81. The minimum Gasteiger partial charge on any atom is -0.381 e. The number of nitrogens with one attached hydrogen (secondary N) is 2. The Morgan fingerprint density at radius 2 is 2.12 bits per heavy atom. The molecule has 1 aromatic heterocycles. The van der Waals surface area contributed by atoms with Gasteiger partial charge in [-0.2, -0.15) is 0 Å². The first-order valence-corrected chi connectivity index (χ1v) is 9.76. The molecule has 0 radical (unpaired) electrons. The summed E-state index contributed by atoms with van der Waals surface area (Å²) in [4.78, 5) is 8.61. The van der Waals surface area contributed by atoms with E-state index in [4.69, 9.17) is 9.73 Å². The van der Waals surface area contributed by atoms with Gasteiger partial charge in [0.15, 0.2) is 5.96 Å². The van der Waals surface area contributed by atoms with Gasteiger partial charge in [0.05, 0.1) is 6.54 Å². The molecule has 0 aliphatic carbocycles. The second-order valence-electron chi connectivity index (χ2n) is 6.72. The Morgan fingerprint density at radius 3 is 2.71 bits per heavy atom. The number of thiophene rings is 1. The average molecular weight is 353 g/mol. The summed E-state index contributed by atoms with van der Waals surface area (Å²) in [5.41, 5.74) is 0.111. The molecule has 1 aromatic rings. The third-order valence-electron chi connectivity index (χ3n) is 4.85. The maximum absolute atomic E-state index is 5.54. The molecule has 0 aromatic carbocycles. The number of ether oxygens (including phenoxy) is 1. The first-order chi connectivity index (χ1) is 11.6. The van der Waals surface area contributed by atoms with Crippen molar-refractivity contribution in [2.75, 3.05) is 46.9 Å². The van der Waals surface area contributed by atoms with Crippen molar-refractivity contribution in [2.45, 2.75) is 38.1 Å². The van der Waals surface area contributed by atoms with Gasteiger partial charge in [-0.15, -0.1) is 11.3 Å². The van der Waals surface area contributed by atoms with E-state index in [-0.39, 0.29) is 5.54 Å². The third kappa shape index (κ3) is 5.19. The number of rotatable bonds is 7. The summed E-state index contributed by atoms with van der Waals surface area (Å²) in [5, 5.41) is 9.01. The van der Waals surface area contributed by atoms with Crippen LogP contribution in [0.5, 0.6) is 0 Å². The molecule has 1 aliphatic rings. The molecule has 0 spiro atoms. The SMILES string of the molecule is CCNC(=NCC1(N(C)C)CCOCC1)NCC(C)c1cccs1. The third-order valence-corrected chi connectivity index (χ3v) is 5.96. The van der Waals surface area contributed by atoms with Gasteiger partial charge in [0.25, 0.3) is 0 Å². The van der Waals surface area contributed by atoms with Gasteiger partial charge < -0.3 is 20.3 Å². The zero-order valence-corrected chi connectivity index (χ0v) is 16.3. The Labute approximate surface area is 150 Å².